The van der Waals surface area contributed by atoms with Crippen LogP contribution < -0.4 is 10.2 Å². The van der Waals surface area contributed by atoms with Gasteiger partial charge in [-0.1, -0.05) is 48.5 Å². The molecule has 3 aromatic heterocycles. The van der Waals surface area contributed by atoms with E-state index in [1.54, 1.807) is 12.6 Å². The third-order valence-electron chi connectivity index (χ3n) is 5.87. The first-order chi connectivity index (χ1) is 15.8. The van der Waals surface area contributed by atoms with Crippen LogP contribution in [0.15, 0.2) is 89.9 Å². The Morgan fingerprint density at radius 3 is 2.59 bits per heavy atom. The van der Waals surface area contributed by atoms with Crippen LogP contribution in [0.2, 0.25) is 0 Å². The van der Waals surface area contributed by atoms with E-state index in [9.17, 15) is 0 Å². The largest absolute Gasteiger partial charge is 0.459 e. The van der Waals surface area contributed by atoms with Crippen LogP contribution in [0.4, 0.5) is 17.6 Å². The third-order valence-corrected chi connectivity index (χ3v) is 5.87. The van der Waals surface area contributed by atoms with Crippen molar-refractivity contribution in [1.82, 2.24) is 19.5 Å². The molecule has 0 spiro atoms. The summed E-state index contributed by atoms with van der Waals surface area (Å²) in [5.41, 5.74) is 3.73. The van der Waals surface area contributed by atoms with Crippen LogP contribution in [-0.4, -0.2) is 26.1 Å². The van der Waals surface area contributed by atoms with Crippen LogP contribution in [0.3, 0.4) is 0 Å². The van der Waals surface area contributed by atoms with Crippen molar-refractivity contribution in [1.29, 1.82) is 0 Å². The summed E-state index contributed by atoms with van der Waals surface area (Å²) < 4.78 is 7.67. The van der Waals surface area contributed by atoms with E-state index < -0.39 is 0 Å². The van der Waals surface area contributed by atoms with Gasteiger partial charge in [-0.25, -0.2) is 9.97 Å². The van der Waals surface area contributed by atoms with Crippen molar-refractivity contribution in [3.63, 3.8) is 0 Å². The number of imidazole rings is 1. The van der Waals surface area contributed by atoms with Crippen molar-refractivity contribution in [3.8, 4) is 5.69 Å². The Balaban J connectivity index is 1.35. The molecule has 1 aliphatic heterocycles. The number of hydrogen-bond donors (Lipinski definition) is 1. The number of anilines is 3. The maximum Gasteiger partial charge on any atom is 0.228 e. The van der Waals surface area contributed by atoms with Crippen LogP contribution >= 0.6 is 0 Å². The van der Waals surface area contributed by atoms with Crippen LogP contribution in [0.5, 0.6) is 0 Å². The summed E-state index contributed by atoms with van der Waals surface area (Å²) in [5.74, 6) is 2.01. The van der Waals surface area contributed by atoms with Crippen molar-refractivity contribution in [2.24, 2.45) is 0 Å². The van der Waals surface area contributed by atoms with E-state index in [0.717, 1.165) is 30.6 Å². The molecule has 6 rings (SSSR count). The number of nitrogens with one attached hydrogen (secondary N) is 1. The van der Waals surface area contributed by atoms with E-state index in [1.165, 1.54) is 5.56 Å². The number of furan rings is 1. The molecule has 0 amide bonds. The van der Waals surface area contributed by atoms with Crippen LogP contribution in [0.1, 0.15) is 24.4 Å². The highest BCUT2D eigenvalue weighted by Gasteiger charge is 2.29. The topological polar surface area (TPSA) is 72.0 Å². The summed E-state index contributed by atoms with van der Waals surface area (Å²) in [6.07, 6.45) is 7.56. The highest BCUT2D eigenvalue weighted by atomic mass is 16.3. The highest BCUT2D eigenvalue weighted by Crippen LogP contribution is 2.36. The Hall–Kier alpha value is -4.13. The normalized spacial score (nSPS) is 16.0. The molecule has 0 aliphatic carbocycles. The van der Waals surface area contributed by atoms with Gasteiger partial charge < -0.3 is 19.2 Å². The molecule has 1 aliphatic rings. The van der Waals surface area contributed by atoms with Crippen LogP contribution in [0.25, 0.3) is 16.8 Å². The lowest BCUT2D eigenvalue weighted by molar-refractivity contribution is 0.614. The van der Waals surface area contributed by atoms with E-state index in [2.05, 4.69) is 39.5 Å². The summed E-state index contributed by atoms with van der Waals surface area (Å²) in [6.45, 7) is 0.922. The number of fused-ring (bicyclic) bond motifs is 1. The first-order valence-electron chi connectivity index (χ1n) is 10.8. The Kier molecular flexibility index (Phi) is 4.57. The lowest BCUT2D eigenvalue weighted by Crippen LogP contribution is -2.24. The SMILES string of the molecule is c1ccc(C2CCCN2c2nc(Nc3cn(-c4ccccc4)cn3)c3occc3n2)cc1. The lowest BCUT2D eigenvalue weighted by atomic mass is 10.1. The minimum absolute atomic E-state index is 0.269. The molecule has 4 heterocycles. The highest BCUT2D eigenvalue weighted by molar-refractivity contribution is 5.86. The Bertz CT molecular complexity index is 1340. The summed E-state index contributed by atoms with van der Waals surface area (Å²) in [6, 6.07) is 22.8. The fourth-order valence-electron chi connectivity index (χ4n) is 4.34. The molecule has 1 saturated heterocycles. The number of nitrogens with zero attached hydrogens (tertiary/aromatic N) is 5. The number of hydrogen-bond acceptors (Lipinski definition) is 6. The molecule has 7 heteroatoms. The zero-order chi connectivity index (χ0) is 21.3. The van der Waals surface area contributed by atoms with Gasteiger partial charge >= 0.3 is 0 Å². The van der Waals surface area contributed by atoms with Crippen molar-refractivity contribution < 1.29 is 4.42 Å². The molecule has 158 valence electrons. The van der Waals surface area contributed by atoms with Gasteiger partial charge in [0.05, 0.1) is 18.5 Å². The van der Waals surface area contributed by atoms with E-state index in [1.807, 2.05) is 53.2 Å². The van der Waals surface area contributed by atoms with Crippen molar-refractivity contribution in [3.05, 3.63) is 91.1 Å². The van der Waals surface area contributed by atoms with E-state index >= 15 is 0 Å². The van der Waals surface area contributed by atoms with Crippen LogP contribution in [0, 0.1) is 0 Å². The molecule has 7 nitrogen and oxygen atoms in total. The number of benzene rings is 2. The summed E-state index contributed by atoms with van der Waals surface area (Å²) in [5, 5.41) is 3.34. The second-order valence-electron chi connectivity index (χ2n) is 7.90. The Morgan fingerprint density at radius 2 is 1.75 bits per heavy atom. The lowest BCUT2D eigenvalue weighted by Gasteiger charge is -2.25. The van der Waals surface area contributed by atoms with E-state index in [4.69, 9.17) is 14.4 Å². The monoisotopic (exact) mass is 422 g/mol. The molecule has 5 aromatic rings. The Morgan fingerprint density at radius 1 is 0.938 bits per heavy atom. The average molecular weight is 422 g/mol. The van der Waals surface area contributed by atoms with Crippen molar-refractivity contribution >= 4 is 28.7 Å². The molecule has 1 N–H and O–H groups in total. The number of aromatic nitrogens is 4. The second-order valence-corrected chi connectivity index (χ2v) is 7.90. The molecule has 0 radical (unpaired) electrons. The fraction of sp³-hybridized carbons (Fsp3) is 0.160. The zero-order valence-electron chi connectivity index (χ0n) is 17.4. The maximum atomic E-state index is 5.70. The molecular weight excluding hydrogens is 400 g/mol. The molecule has 1 fully saturated rings. The predicted octanol–water partition coefficient (Wildman–Crippen LogP) is 5.49. The summed E-state index contributed by atoms with van der Waals surface area (Å²) in [7, 11) is 0. The smallest absolute Gasteiger partial charge is 0.228 e. The third kappa shape index (κ3) is 3.37. The first kappa shape index (κ1) is 18.6. The van der Waals surface area contributed by atoms with Crippen LogP contribution in [-0.2, 0) is 0 Å². The summed E-state index contributed by atoms with van der Waals surface area (Å²) >= 11 is 0. The van der Waals surface area contributed by atoms with Crippen molar-refractivity contribution in [2.45, 2.75) is 18.9 Å². The van der Waals surface area contributed by atoms with Gasteiger partial charge in [0.1, 0.15) is 17.7 Å². The van der Waals surface area contributed by atoms with Gasteiger partial charge in [0.15, 0.2) is 11.4 Å². The van der Waals surface area contributed by atoms with Gasteiger partial charge in [-0.3, -0.25) is 0 Å². The molecule has 2 aromatic carbocycles. The minimum Gasteiger partial charge on any atom is -0.459 e. The molecule has 1 atom stereocenters. The maximum absolute atomic E-state index is 5.70. The van der Waals surface area contributed by atoms with Gasteiger partial charge in [0, 0.05) is 18.3 Å². The van der Waals surface area contributed by atoms with E-state index in [-0.39, 0.29) is 6.04 Å². The molecule has 32 heavy (non-hydrogen) atoms. The Labute approximate surface area is 185 Å². The second kappa shape index (κ2) is 7.85. The molecule has 1 unspecified atom stereocenters. The molecule has 0 bridgehead atoms. The van der Waals surface area contributed by atoms with E-state index in [0.29, 0.717) is 23.2 Å². The van der Waals surface area contributed by atoms with Gasteiger partial charge in [-0.2, -0.15) is 4.98 Å². The molecule has 0 saturated carbocycles. The van der Waals surface area contributed by atoms with Crippen molar-refractivity contribution in [2.75, 3.05) is 16.8 Å². The predicted molar refractivity (Wildman–Crippen MR) is 124 cm³/mol. The quantitative estimate of drug-likeness (QED) is 0.404. The van der Waals surface area contributed by atoms with Gasteiger partial charge in [0.2, 0.25) is 5.95 Å². The standard InChI is InChI=1S/C25H22N6O/c1-3-8-18(9-4-1)21-12-7-14-31(21)25-27-20-13-15-32-23(20)24(29-25)28-22-16-30(17-26-22)19-10-5-2-6-11-19/h1-6,8-11,13,15-17,21H,7,12,14H2,(H,27,28,29). The van der Waals surface area contributed by atoms with Gasteiger partial charge in [0.25, 0.3) is 0 Å². The number of rotatable bonds is 5. The summed E-state index contributed by atoms with van der Waals surface area (Å²) in [4.78, 5) is 16.5. The van der Waals surface area contributed by atoms with Gasteiger partial charge in [-0.15, -0.1) is 0 Å². The first-order valence-corrected chi connectivity index (χ1v) is 10.8. The fourth-order valence-corrected chi connectivity index (χ4v) is 4.34. The zero-order valence-corrected chi connectivity index (χ0v) is 17.4. The minimum atomic E-state index is 0.269. The molecular formula is C25H22N6O. The number of para-hydroxylation sites is 1. The van der Waals surface area contributed by atoms with Gasteiger partial charge in [-0.05, 0) is 30.5 Å². The average Bonchev–Trinajstić information content (AvgIpc) is 3.60.